The Balaban J connectivity index is 0.00000144. The first kappa shape index (κ1) is 13.4. The summed E-state index contributed by atoms with van der Waals surface area (Å²) in [6.45, 7) is 0. The van der Waals surface area contributed by atoms with Gasteiger partial charge in [-0.05, 0) is 12.1 Å². The van der Waals surface area contributed by atoms with Crippen molar-refractivity contribution in [3.05, 3.63) is 18.2 Å². The zero-order chi connectivity index (χ0) is 9.35. The summed E-state index contributed by atoms with van der Waals surface area (Å²) in [6, 6.07) is 2.35. The molecule has 7 heteroatoms. The van der Waals surface area contributed by atoms with Crippen molar-refractivity contribution in [3.63, 3.8) is 0 Å². The number of phenols is 1. The third kappa shape index (κ3) is 3.94. The molecule has 0 aliphatic heterocycles. The van der Waals surface area contributed by atoms with Gasteiger partial charge in [0.2, 0.25) is 0 Å². The topological polar surface area (TPSA) is 97.7 Å². The molecule has 0 spiro atoms. The van der Waals surface area contributed by atoms with Crippen LogP contribution in [-0.4, -0.2) is 18.1 Å². The average Bonchev–Trinajstić information content (AvgIpc) is 1.82. The SMILES string of the molecule is O=S(=O)(O)c1cc([O-])cc(O)c1.[K+]. The van der Waals surface area contributed by atoms with Crippen molar-refractivity contribution in [1.82, 2.24) is 0 Å². The first-order chi connectivity index (χ1) is 5.39. The molecule has 0 unspecified atom stereocenters. The van der Waals surface area contributed by atoms with E-state index in [1.807, 2.05) is 0 Å². The molecule has 0 bridgehead atoms. The Morgan fingerprint density at radius 2 is 1.77 bits per heavy atom. The van der Waals surface area contributed by atoms with Crippen LogP contribution in [0.25, 0.3) is 0 Å². The van der Waals surface area contributed by atoms with Gasteiger partial charge >= 0.3 is 51.4 Å². The van der Waals surface area contributed by atoms with Gasteiger partial charge in [-0.1, -0.05) is 0 Å². The first-order valence-corrected chi connectivity index (χ1v) is 4.32. The molecule has 2 N–H and O–H groups in total. The number of benzene rings is 1. The second-order valence-corrected chi connectivity index (χ2v) is 3.56. The molecule has 1 rings (SSSR count). The molecular weight excluding hydrogens is 223 g/mol. The molecule has 0 radical (unpaired) electrons. The average molecular weight is 228 g/mol. The van der Waals surface area contributed by atoms with E-state index in [9.17, 15) is 13.5 Å². The van der Waals surface area contributed by atoms with Crippen LogP contribution in [-0.2, 0) is 10.1 Å². The van der Waals surface area contributed by atoms with Crippen LogP contribution < -0.4 is 56.5 Å². The van der Waals surface area contributed by atoms with Gasteiger partial charge in [0, 0.05) is 6.07 Å². The van der Waals surface area contributed by atoms with E-state index < -0.39 is 26.5 Å². The van der Waals surface area contributed by atoms with Crippen molar-refractivity contribution in [1.29, 1.82) is 0 Å². The quantitative estimate of drug-likeness (QED) is 0.388. The maximum Gasteiger partial charge on any atom is 1.00 e. The van der Waals surface area contributed by atoms with Crippen molar-refractivity contribution in [2.75, 3.05) is 0 Å². The Labute approximate surface area is 118 Å². The number of hydrogen-bond acceptors (Lipinski definition) is 4. The third-order valence-corrected chi connectivity index (χ3v) is 1.99. The van der Waals surface area contributed by atoms with Crippen LogP contribution in [0, 0.1) is 0 Å². The zero-order valence-electron chi connectivity index (χ0n) is 6.76. The number of phenolic OH excluding ortho intramolecular Hbond substituents is 1. The largest absolute Gasteiger partial charge is 1.00 e. The molecule has 0 amide bonds. The minimum Gasteiger partial charge on any atom is -0.872 e. The van der Waals surface area contributed by atoms with Gasteiger partial charge in [0.15, 0.2) is 0 Å². The Morgan fingerprint density at radius 1 is 1.23 bits per heavy atom. The van der Waals surface area contributed by atoms with E-state index >= 15 is 0 Å². The van der Waals surface area contributed by atoms with Gasteiger partial charge in [-0.25, -0.2) is 0 Å². The van der Waals surface area contributed by atoms with Crippen molar-refractivity contribution in [2.45, 2.75) is 4.90 Å². The molecule has 66 valence electrons. The predicted molar refractivity (Wildman–Crippen MR) is 37.4 cm³/mol. The van der Waals surface area contributed by atoms with Gasteiger partial charge in [-0.2, -0.15) is 8.42 Å². The van der Waals surface area contributed by atoms with Crippen molar-refractivity contribution in [2.24, 2.45) is 0 Å². The molecule has 0 atom stereocenters. The predicted octanol–water partition coefficient (Wildman–Crippen LogP) is -3.28. The molecule has 0 aromatic heterocycles. The van der Waals surface area contributed by atoms with Crippen LogP contribution in [0.4, 0.5) is 0 Å². The molecule has 5 nitrogen and oxygen atoms in total. The van der Waals surface area contributed by atoms with Gasteiger partial charge < -0.3 is 10.2 Å². The Hall–Kier alpha value is 0.366. The van der Waals surface area contributed by atoms with E-state index in [1.54, 1.807) is 0 Å². The number of rotatable bonds is 1. The van der Waals surface area contributed by atoms with Gasteiger partial charge in [-0.15, -0.1) is 5.75 Å². The zero-order valence-corrected chi connectivity index (χ0v) is 10.7. The Kier molecular flexibility index (Phi) is 4.87. The summed E-state index contributed by atoms with van der Waals surface area (Å²) in [6.07, 6.45) is 0. The molecule has 0 saturated carbocycles. The number of hydrogen-bond donors (Lipinski definition) is 2. The standard InChI is InChI=1S/C6H6O5S.K/c7-4-1-5(8)3-6(2-4)12(9,10)11;/h1-3,7-8H,(H,9,10,11);/q;+1/p-1. The molecule has 13 heavy (non-hydrogen) atoms. The second-order valence-electron chi connectivity index (χ2n) is 2.14. The second kappa shape index (κ2) is 4.74. The van der Waals surface area contributed by atoms with Gasteiger partial charge in [0.25, 0.3) is 10.1 Å². The van der Waals surface area contributed by atoms with E-state index in [0.717, 1.165) is 18.2 Å². The van der Waals surface area contributed by atoms with Crippen LogP contribution in [0.1, 0.15) is 0 Å². The fraction of sp³-hybridized carbons (Fsp3) is 0. The summed E-state index contributed by atoms with van der Waals surface area (Å²) < 4.78 is 29.3. The third-order valence-electron chi connectivity index (χ3n) is 1.16. The molecule has 0 aliphatic carbocycles. The molecular formula is C6H5KO5S. The molecule has 0 aliphatic rings. The monoisotopic (exact) mass is 228 g/mol. The summed E-state index contributed by atoms with van der Waals surface area (Å²) in [5.41, 5.74) is 0. The molecule has 0 fully saturated rings. The van der Waals surface area contributed by atoms with Crippen LogP contribution >= 0.6 is 0 Å². The smallest absolute Gasteiger partial charge is 0.872 e. The fourth-order valence-electron chi connectivity index (χ4n) is 0.706. The van der Waals surface area contributed by atoms with Crippen LogP contribution in [0.3, 0.4) is 0 Å². The van der Waals surface area contributed by atoms with Crippen LogP contribution in [0.2, 0.25) is 0 Å². The normalized spacial score (nSPS) is 10.5. The molecule has 1 aromatic rings. The van der Waals surface area contributed by atoms with E-state index in [4.69, 9.17) is 9.66 Å². The molecule has 0 saturated heterocycles. The summed E-state index contributed by atoms with van der Waals surface area (Å²) in [5, 5.41) is 19.4. The Bertz CT molecular complexity index is 379. The number of aromatic hydroxyl groups is 1. The maximum atomic E-state index is 10.6. The summed E-state index contributed by atoms with van der Waals surface area (Å²) in [4.78, 5) is -0.604. The first-order valence-electron chi connectivity index (χ1n) is 2.88. The van der Waals surface area contributed by atoms with Gasteiger partial charge in [0.1, 0.15) is 5.75 Å². The van der Waals surface area contributed by atoms with E-state index in [2.05, 4.69) is 0 Å². The van der Waals surface area contributed by atoms with Gasteiger partial charge in [0.05, 0.1) is 4.90 Å². The van der Waals surface area contributed by atoms with Crippen molar-refractivity contribution in [3.8, 4) is 11.5 Å². The van der Waals surface area contributed by atoms with Crippen LogP contribution in [0.5, 0.6) is 11.5 Å². The van der Waals surface area contributed by atoms with E-state index in [0.29, 0.717) is 0 Å². The van der Waals surface area contributed by atoms with E-state index in [-0.39, 0.29) is 51.4 Å². The van der Waals surface area contributed by atoms with E-state index in [1.165, 1.54) is 0 Å². The van der Waals surface area contributed by atoms with Gasteiger partial charge in [-0.3, -0.25) is 4.55 Å². The fourth-order valence-corrected chi connectivity index (χ4v) is 1.24. The summed E-state index contributed by atoms with van der Waals surface area (Å²) in [7, 11) is -4.41. The minimum absolute atomic E-state index is 0. The van der Waals surface area contributed by atoms with Crippen LogP contribution in [0.15, 0.2) is 23.1 Å². The minimum atomic E-state index is -4.41. The Morgan fingerprint density at radius 3 is 2.15 bits per heavy atom. The molecule has 1 aromatic carbocycles. The molecule has 0 heterocycles. The van der Waals surface area contributed by atoms with Crippen molar-refractivity contribution >= 4 is 10.1 Å². The summed E-state index contributed by atoms with van der Waals surface area (Å²) >= 11 is 0. The maximum absolute atomic E-state index is 10.6. The summed E-state index contributed by atoms with van der Waals surface area (Å²) in [5.74, 6) is -1.17. The van der Waals surface area contributed by atoms with Crippen molar-refractivity contribution < 1.29 is 74.6 Å².